The third-order valence-electron chi connectivity index (χ3n) is 4.00. The Kier molecular flexibility index (Phi) is 6.60. The van der Waals surface area contributed by atoms with Crippen molar-refractivity contribution in [2.75, 3.05) is 25.0 Å². The number of rotatable bonds is 7. The van der Waals surface area contributed by atoms with E-state index in [1.54, 1.807) is 31.9 Å². The molecule has 0 aliphatic carbocycles. The van der Waals surface area contributed by atoms with Crippen molar-refractivity contribution in [2.24, 2.45) is 0 Å². The lowest BCUT2D eigenvalue weighted by molar-refractivity contribution is -0.127. The zero-order chi connectivity index (χ0) is 20.9. The first-order valence-corrected chi connectivity index (χ1v) is 8.67. The molecule has 0 atom stereocenters. The maximum Gasteiger partial charge on any atom is 0.393 e. The largest absolute Gasteiger partial charge is 0.393 e. The normalized spacial score (nSPS) is 12.0. The maximum absolute atomic E-state index is 12.7. The molecule has 0 bridgehead atoms. The number of hydrogen-bond donors (Lipinski definition) is 2. The van der Waals surface area contributed by atoms with E-state index in [0.717, 1.165) is 0 Å². The van der Waals surface area contributed by atoms with Crippen LogP contribution in [0.3, 0.4) is 0 Å². The van der Waals surface area contributed by atoms with E-state index in [4.69, 9.17) is 0 Å². The Balaban J connectivity index is 1.98. The van der Waals surface area contributed by atoms with Gasteiger partial charge >= 0.3 is 6.18 Å². The van der Waals surface area contributed by atoms with E-state index < -0.39 is 24.1 Å². The third-order valence-corrected chi connectivity index (χ3v) is 4.00. The lowest BCUT2D eigenvalue weighted by Crippen LogP contribution is -2.34. The molecule has 2 aromatic rings. The molecule has 2 N–H and O–H groups in total. The van der Waals surface area contributed by atoms with Gasteiger partial charge in [0.1, 0.15) is 5.60 Å². The van der Waals surface area contributed by atoms with Crippen molar-refractivity contribution in [3.8, 4) is 0 Å². The Morgan fingerprint density at radius 1 is 1.21 bits per heavy atom. The molecule has 0 saturated heterocycles. The van der Waals surface area contributed by atoms with Crippen LogP contribution in [0.25, 0.3) is 0 Å². The van der Waals surface area contributed by atoms with Crippen molar-refractivity contribution in [3.05, 3.63) is 53.3 Å². The summed E-state index contributed by atoms with van der Waals surface area (Å²) in [6.07, 6.45) is -4.02. The zero-order valence-electron chi connectivity index (χ0n) is 15.9. The Hall–Kier alpha value is -2.68. The van der Waals surface area contributed by atoms with Crippen LogP contribution in [-0.2, 0) is 12.0 Å². The van der Waals surface area contributed by atoms with Gasteiger partial charge in [0.15, 0.2) is 0 Å². The Labute approximate surface area is 161 Å². The van der Waals surface area contributed by atoms with E-state index in [-0.39, 0.29) is 17.7 Å². The van der Waals surface area contributed by atoms with Crippen LogP contribution in [0.15, 0.2) is 36.5 Å². The van der Waals surface area contributed by atoms with Gasteiger partial charge in [0, 0.05) is 31.9 Å². The molecular weight excluding hydrogens is 373 g/mol. The van der Waals surface area contributed by atoms with Crippen molar-refractivity contribution in [2.45, 2.75) is 32.0 Å². The fourth-order valence-electron chi connectivity index (χ4n) is 2.52. The van der Waals surface area contributed by atoms with Gasteiger partial charge in [-0.15, -0.1) is 0 Å². The van der Waals surface area contributed by atoms with Gasteiger partial charge in [-0.05, 0) is 31.5 Å². The second-order valence-corrected chi connectivity index (χ2v) is 6.93. The van der Waals surface area contributed by atoms with Gasteiger partial charge in [0.25, 0.3) is 5.91 Å². The van der Waals surface area contributed by atoms with Crippen LogP contribution in [0.2, 0.25) is 0 Å². The summed E-state index contributed by atoms with van der Waals surface area (Å²) in [4.78, 5) is 22.4. The lowest BCUT2D eigenvalue weighted by Gasteiger charge is -2.21. The molecule has 152 valence electrons. The van der Waals surface area contributed by atoms with Crippen LogP contribution < -0.4 is 10.2 Å². The van der Waals surface area contributed by atoms with Crippen LogP contribution in [0.1, 0.15) is 35.5 Å². The second-order valence-electron chi connectivity index (χ2n) is 6.93. The van der Waals surface area contributed by atoms with Crippen LogP contribution in [0.5, 0.6) is 0 Å². The minimum Gasteiger partial charge on any atom is -0.384 e. The topological polar surface area (TPSA) is 78.4 Å². The van der Waals surface area contributed by atoms with E-state index in [1.807, 2.05) is 0 Å². The molecule has 0 unspecified atom stereocenters. The van der Waals surface area contributed by atoms with Gasteiger partial charge < -0.3 is 15.3 Å². The lowest BCUT2D eigenvalue weighted by atomic mass is 10.0. The molecule has 1 aromatic heterocycles. The molecule has 6 nitrogen and oxygen atoms in total. The average molecular weight is 396 g/mol. The molecule has 0 saturated carbocycles. The van der Waals surface area contributed by atoms with Gasteiger partial charge in [-0.2, -0.15) is 13.2 Å². The van der Waals surface area contributed by atoms with Crippen molar-refractivity contribution in [3.63, 3.8) is 0 Å². The number of benzene rings is 1. The van der Waals surface area contributed by atoms with Crippen molar-refractivity contribution < 1.29 is 23.1 Å². The third kappa shape index (κ3) is 6.19. The molecule has 0 spiro atoms. The highest BCUT2D eigenvalue weighted by molar-refractivity contribution is 5.95. The minimum atomic E-state index is -4.39. The van der Waals surface area contributed by atoms with Crippen LogP contribution >= 0.6 is 0 Å². The summed E-state index contributed by atoms with van der Waals surface area (Å²) in [6, 6.07) is 7.27. The summed E-state index contributed by atoms with van der Waals surface area (Å²) < 4.78 is 38.0. The number of carbonyl (C=O) groups excluding carboxylic acids is 1. The number of nitrogens with zero attached hydrogens (tertiary/aromatic N) is 3. The predicted octanol–water partition coefficient (Wildman–Crippen LogP) is 2.68. The smallest absolute Gasteiger partial charge is 0.384 e. The zero-order valence-corrected chi connectivity index (χ0v) is 15.9. The van der Waals surface area contributed by atoms with Crippen molar-refractivity contribution >= 4 is 11.9 Å². The molecule has 0 aliphatic rings. The fraction of sp³-hybridized carbons (Fsp3) is 0.421. The fourth-order valence-corrected chi connectivity index (χ4v) is 2.52. The van der Waals surface area contributed by atoms with Crippen molar-refractivity contribution in [1.29, 1.82) is 0 Å². The van der Waals surface area contributed by atoms with Gasteiger partial charge in [0.05, 0.1) is 12.1 Å². The molecule has 9 heteroatoms. The summed E-state index contributed by atoms with van der Waals surface area (Å²) in [5.41, 5.74) is -0.728. The number of aromatic nitrogens is 2. The standard InChI is InChI=1S/C19H23F3N4O2/c1-18(2,28)15-8-9-24-17(25-15)26(3)11-10-23-16(27)14-7-5-4-6-13(14)12-19(20,21)22/h4-9,28H,10-12H2,1-3H3,(H,23,27). The predicted molar refractivity (Wildman–Crippen MR) is 99.1 cm³/mol. The summed E-state index contributed by atoms with van der Waals surface area (Å²) in [5, 5.41) is 12.6. The average Bonchev–Trinajstić information content (AvgIpc) is 2.60. The quantitative estimate of drug-likeness (QED) is 0.752. The first-order chi connectivity index (χ1) is 13.0. The first kappa shape index (κ1) is 21.6. The Morgan fingerprint density at radius 2 is 1.89 bits per heavy atom. The molecule has 2 rings (SSSR count). The number of anilines is 1. The first-order valence-electron chi connectivity index (χ1n) is 8.67. The van der Waals surface area contributed by atoms with Gasteiger partial charge in [-0.25, -0.2) is 9.97 Å². The molecular formula is C19H23F3N4O2. The van der Waals surface area contributed by atoms with Crippen LogP contribution in [0.4, 0.5) is 19.1 Å². The van der Waals surface area contributed by atoms with E-state index in [0.29, 0.717) is 18.2 Å². The number of alkyl halides is 3. The Morgan fingerprint density at radius 3 is 2.54 bits per heavy atom. The van der Waals surface area contributed by atoms with E-state index in [1.165, 1.54) is 30.5 Å². The number of halogens is 3. The molecule has 1 amide bonds. The molecule has 0 aliphatic heterocycles. The molecule has 0 radical (unpaired) electrons. The van der Waals surface area contributed by atoms with Crippen LogP contribution in [-0.4, -0.2) is 47.3 Å². The number of hydrogen-bond acceptors (Lipinski definition) is 5. The maximum atomic E-state index is 12.7. The highest BCUT2D eigenvalue weighted by Gasteiger charge is 2.29. The Bertz CT molecular complexity index is 819. The number of amides is 1. The second kappa shape index (κ2) is 8.55. The summed E-state index contributed by atoms with van der Waals surface area (Å²) in [5.74, 6) is -0.203. The molecule has 28 heavy (non-hydrogen) atoms. The summed E-state index contributed by atoms with van der Waals surface area (Å²) >= 11 is 0. The van der Waals surface area contributed by atoms with Crippen molar-refractivity contribution in [1.82, 2.24) is 15.3 Å². The highest BCUT2D eigenvalue weighted by Crippen LogP contribution is 2.23. The van der Waals surface area contributed by atoms with E-state index >= 15 is 0 Å². The molecule has 1 heterocycles. The summed E-state index contributed by atoms with van der Waals surface area (Å²) in [6.45, 7) is 3.74. The number of likely N-dealkylation sites (N-methyl/N-ethyl adjacent to an activating group) is 1. The number of aliphatic hydroxyl groups is 1. The van der Waals surface area contributed by atoms with E-state index in [9.17, 15) is 23.1 Å². The molecule has 0 fully saturated rings. The molecule has 1 aromatic carbocycles. The monoisotopic (exact) mass is 396 g/mol. The SMILES string of the molecule is CN(CCNC(=O)c1ccccc1CC(F)(F)F)c1nccc(C(C)(C)O)n1. The minimum absolute atomic E-state index is 0.00255. The van der Waals surface area contributed by atoms with Crippen LogP contribution in [0, 0.1) is 0 Å². The highest BCUT2D eigenvalue weighted by atomic mass is 19.4. The summed E-state index contributed by atoms with van der Waals surface area (Å²) in [7, 11) is 1.72. The number of carbonyl (C=O) groups is 1. The van der Waals surface area contributed by atoms with Gasteiger partial charge in [0.2, 0.25) is 5.95 Å². The van der Waals surface area contributed by atoms with E-state index in [2.05, 4.69) is 15.3 Å². The number of nitrogens with one attached hydrogen (secondary N) is 1. The van der Waals surface area contributed by atoms with Gasteiger partial charge in [-0.1, -0.05) is 18.2 Å². The van der Waals surface area contributed by atoms with Gasteiger partial charge in [-0.3, -0.25) is 4.79 Å².